The fourth-order valence-electron chi connectivity index (χ4n) is 4.06. The van der Waals surface area contributed by atoms with Crippen molar-refractivity contribution in [3.63, 3.8) is 0 Å². The highest BCUT2D eigenvalue weighted by atomic mass is 32.1. The summed E-state index contributed by atoms with van der Waals surface area (Å²) in [7, 11) is 0. The lowest BCUT2D eigenvalue weighted by atomic mass is 9.87. The number of benzene rings is 2. The standard InChI is InChI=1S/C27H26N4O3S/c1-27(2,3)20-11-9-19(10-12-20)24-28-22(34-29-24)17-31-21-14-16-35-23(21)25(32)30(26(31)33)15-13-18-7-5-4-6-8-18/h4-12,14,16H,13,15,17H2,1-3H3. The Morgan fingerprint density at radius 3 is 2.40 bits per heavy atom. The van der Waals surface area contributed by atoms with Crippen molar-refractivity contribution in [2.45, 2.75) is 45.7 Å². The first-order valence-electron chi connectivity index (χ1n) is 11.5. The monoisotopic (exact) mass is 486 g/mol. The number of fused-ring (bicyclic) bond motifs is 1. The van der Waals surface area contributed by atoms with Crippen molar-refractivity contribution in [2.75, 3.05) is 0 Å². The first-order valence-corrected chi connectivity index (χ1v) is 12.4. The number of thiophene rings is 1. The summed E-state index contributed by atoms with van der Waals surface area (Å²) < 4.78 is 8.87. The maximum Gasteiger partial charge on any atom is 0.332 e. The summed E-state index contributed by atoms with van der Waals surface area (Å²) in [4.78, 5) is 30.9. The Morgan fingerprint density at radius 2 is 1.69 bits per heavy atom. The van der Waals surface area contributed by atoms with Crippen LogP contribution in [-0.4, -0.2) is 19.3 Å². The second-order valence-corrected chi connectivity index (χ2v) is 10.5. The third kappa shape index (κ3) is 4.61. The molecule has 0 aliphatic heterocycles. The van der Waals surface area contributed by atoms with Gasteiger partial charge in [0.2, 0.25) is 11.7 Å². The Morgan fingerprint density at radius 1 is 0.943 bits per heavy atom. The van der Waals surface area contributed by atoms with Gasteiger partial charge in [-0.1, -0.05) is 80.5 Å². The molecular formula is C27H26N4O3S. The molecule has 0 aliphatic carbocycles. The maximum atomic E-state index is 13.4. The Bertz CT molecular complexity index is 1590. The summed E-state index contributed by atoms with van der Waals surface area (Å²) in [5.74, 6) is 0.773. The van der Waals surface area contributed by atoms with Crippen LogP contribution in [0.4, 0.5) is 0 Å². The van der Waals surface area contributed by atoms with E-state index in [9.17, 15) is 9.59 Å². The summed E-state index contributed by atoms with van der Waals surface area (Å²) in [5, 5.41) is 5.94. The van der Waals surface area contributed by atoms with Gasteiger partial charge in [0.1, 0.15) is 11.2 Å². The van der Waals surface area contributed by atoms with Crippen LogP contribution in [0.1, 0.15) is 37.8 Å². The molecule has 0 saturated carbocycles. The minimum absolute atomic E-state index is 0.0532. The maximum absolute atomic E-state index is 13.4. The van der Waals surface area contributed by atoms with Crippen LogP contribution in [0.3, 0.4) is 0 Å². The van der Waals surface area contributed by atoms with E-state index in [0.29, 0.717) is 34.9 Å². The zero-order valence-electron chi connectivity index (χ0n) is 19.9. The van der Waals surface area contributed by atoms with E-state index in [1.54, 1.807) is 6.07 Å². The van der Waals surface area contributed by atoms with Gasteiger partial charge in [0, 0.05) is 12.1 Å². The van der Waals surface area contributed by atoms with Crippen LogP contribution in [0, 0.1) is 0 Å². The fraction of sp³-hybridized carbons (Fsp3) is 0.259. The van der Waals surface area contributed by atoms with Gasteiger partial charge in [-0.15, -0.1) is 11.3 Å². The number of aromatic nitrogens is 4. The van der Waals surface area contributed by atoms with Crippen LogP contribution in [0.15, 0.2) is 80.2 Å². The highest BCUT2D eigenvalue weighted by Gasteiger charge is 2.18. The van der Waals surface area contributed by atoms with Crippen molar-refractivity contribution in [2.24, 2.45) is 0 Å². The highest BCUT2D eigenvalue weighted by Crippen LogP contribution is 2.25. The molecule has 0 N–H and O–H groups in total. The van der Waals surface area contributed by atoms with Gasteiger partial charge in [0.25, 0.3) is 5.56 Å². The van der Waals surface area contributed by atoms with Crippen LogP contribution in [0.5, 0.6) is 0 Å². The summed E-state index contributed by atoms with van der Waals surface area (Å²) in [5.41, 5.74) is 3.11. The average molecular weight is 487 g/mol. The molecule has 0 bridgehead atoms. The molecule has 35 heavy (non-hydrogen) atoms. The van der Waals surface area contributed by atoms with Crippen LogP contribution in [0.25, 0.3) is 21.6 Å². The van der Waals surface area contributed by atoms with Crippen LogP contribution in [0.2, 0.25) is 0 Å². The van der Waals surface area contributed by atoms with Crippen molar-refractivity contribution >= 4 is 21.6 Å². The Labute approximate surface area is 206 Å². The molecule has 178 valence electrons. The van der Waals surface area contributed by atoms with Crippen LogP contribution in [-0.2, 0) is 24.9 Å². The van der Waals surface area contributed by atoms with Gasteiger partial charge in [-0.2, -0.15) is 4.98 Å². The summed E-state index contributed by atoms with van der Waals surface area (Å²) in [6, 6.07) is 19.7. The predicted octanol–water partition coefficient (Wildman–Crippen LogP) is 4.86. The smallest absolute Gasteiger partial charge is 0.332 e. The first-order chi connectivity index (χ1) is 16.8. The van der Waals surface area contributed by atoms with E-state index in [2.05, 4.69) is 43.0 Å². The van der Waals surface area contributed by atoms with Gasteiger partial charge in [0.15, 0.2) is 0 Å². The fourth-order valence-corrected chi connectivity index (χ4v) is 4.90. The van der Waals surface area contributed by atoms with Gasteiger partial charge in [-0.25, -0.2) is 4.79 Å². The van der Waals surface area contributed by atoms with Crippen LogP contribution < -0.4 is 11.2 Å². The minimum atomic E-state index is -0.383. The zero-order chi connectivity index (χ0) is 24.6. The average Bonchev–Trinajstić information content (AvgIpc) is 3.52. The summed E-state index contributed by atoms with van der Waals surface area (Å²) in [6.45, 7) is 6.87. The third-order valence-electron chi connectivity index (χ3n) is 6.07. The molecule has 0 aliphatic rings. The van der Waals surface area contributed by atoms with Crippen molar-refractivity contribution < 1.29 is 4.52 Å². The molecule has 2 aromatic carbocycles. The van der Waals surface area contributed by atoms with E-state index in [0.717, 1.165) is 11.1 Å². The molecule has 0 saturated heterocycles. The lowest BCUT2D eigenvalue weighted by molar-refractivity contribution is 0.369. The van der Waals surface area contributed by atoms with Crippen molar-refractivity contribution in [1.82, 2.24) is 19.3 Å². The molecule has 0 atom stereocenters. The van der Waals surface area contributed by atoms with E-state index in [1.165, 1.54) is 26.0 Å². The molecule has 0 unspecified atom stereocenters. The molecule has 3 heterocycles. The second kappa shape index (κ2) is 9.11. The topological polar surface area (TPSA) is 82.9 Å². The van der Waals surface area contributed by atoms with Crippen LogP contribution >= 0.6 is 11.3 Å². The quantitative estimate of drug-likeness (QED) is 0.342. The summed E-state index contributed by atoms with van der Waals surface area (Å²) >= 11 is 1.33. The zero-order valence-corrected chi connectivity index (χ0v) is 20.7. The highest BCUT2D eigenvalue weighted by molar-refractivity contribution is 7.17. The van der Waals surface area contributed by atoms with Gasteiger partial charge >= 0.3 is 5.69 Å². The Hall–Kier alpha value is -3.78. The minimum Gasteiger partial charge on any atom is -0.337 e. The van der Waals surface area contributed by atoms with Gasteiger partial charge in [-0.3, -0.25) is 13.9 Å². The molecule has 3 aromatic heterocycles. The molecule has 0 radical (unpaired) electrons. The Balaban J connectivity index is 1.46. The number of nitrogens with zero attached hydrogens (tertiary/aromatic N) is 4. The molecule has 5 aromatic rings. The molecule has 5 rings (SSSR count). The lowest BCUT2D eigenvalue weighted by Gasteiger charge is -2.18. The van der Waals surface area contributed by atoms with E-state index in [-0.39, 0.29) is 23.2 Å². The number of rotatable bonds is 6. The van der Waals surface area contributed by atoms with Crippen molar-refractivity contribution in [3.05, 3.63) is 104 Å². The normalized spacial score (nSPS) is 11.9. The van der Waals surface area contributed by atoms with E-state index in [4.69, 9.17) is 4.52 Å². The third-order valence-corrected chi connectivity index (χ3v) is 6.97. The van der Waals surface area contributed by atoms with E-state index >= 15 is 0 Å². The number of hydrogen-bond acceptors (Lipinski definition) is 6. The van der Waals surface area contributed by atoms with E-state index in [1.807, 2.05) is 47.8 Å². The summed E-state index contributed by atoms with van der Waals surface area (Å²) in [6.07, 6.45) is 0.585. The largest absolute Gasteiger partial charge is 0.337 e. The SMILES string of the molecule is CC(C)(C)c1ccc(-c2noc(Cn3c(=O)n(CCc4ccccc4)c(=O)c4sccc43)n2)cc1. The Kier molecular flexibility index (Phi) is 5.98. The second-order valence-electron chi connectivity index (χ2n) is 9.54. The molecule has 8 heteroatoms. The lowest BCUT2D eigenvalue weighted by Crippen LogP contribution is -2.40. The van der Waals surface area contributed by atoms with Crippen molar-refractivity contribution in [1.29, 1.82) is 0 Å². The van der Waals surface area contributed by atoms with Crippen molar-refractivity contribution in [3.8, 4) is 11.4 Å². The van der Waals surface area contributed by atoms with Gasteiger partial charge in [-0.05, 0) is 34.4 Å². The molecular weight excluding hydrogens is 460 g/mol. The van der Waals surface area contributed by atoms with Gasteiger partial charge < -0.3 is 4.52 Å². The molecule has 0 fully saturated rings. The van der Waals surface area contributed by atoms with E-state index < -0.39 is 0 Å². The first kappa shape index (κ1) is 23.0. The van der Waals surface area contributed by atoms with Gasteiger partial charge in [0.05, 0.1) is 5.52 Å². The number of aryl methyl sites for hydroxylation is 1. The molecule has 7 nitrogen and oxygen atoms in total. The molecule has 0 spiro atoms. The predicted molar refractivity (Wildman–Crippen MR) is 138 cm³/mol. The molecule has 0 amide bonds. The number of hydrogen-bond donors (Lipinski definition) is 0.